The minimum absolute atomic E-state index is 0.455. The smallest absolute Gasteiger partial charge is 0.135 e. The summed E-state index contributed by atoms with van der Waals surface area (Å²) in [5.74, 6) is 0. The van der Waals surface area contributed by atoms with E-state index in [0.717, 1.165) is 50.1 Å². The predicted molar refractivity (Wildman–Crippen MR) is 261 cm³/mol. The molecule has 2 aliphatic rings. The molecule has 0 amide bonds. The van der Waals surface area contributed by atoms with E-state index in [1.807, 2.05) is 12.1 Å². The molecular formula is C61H39NO. The molecule has 0 atom stereocenters. The third-order valence-corrected chi connectivity index (χ3v) is 13.5. The Kier molecular flexibility index (Phi) is 7.85. The molecule has 10 aromatic carbocycles. The molecule has 294 valence electrons. The van der Waals surface area contributed by atoms with Crippen LogP contribution in [0.4, 0.5) is 17.1 Å². The Labute approximate surface area is 366 Å². The first-order valence-electron chi connectivity index (χ1n) is 21.7. The number of hydrogen-bond acceptors (Lipinski definition) is 2. The lowest BCUT2D eigenvalue weighted by Gasteiger charge is -2.32. The van der Waals surface area contributed by atoms with Gasteiger partial charge in [-0.3, -0.25) is 0 Å². The van der Waals surface area contributed by atoms with Crippen LogP contribution in [0.1, 0.15) is 22.3 Å². The van der Waals surface area contributed by atoms with Crippen LogP contribution in [0.5, 0.6) is 0 Å². The first kappa shape index (κ1) is 35.5. The summed E-state index contributed by atoms with van der Waals surface area (Å²) in [5, 5.41) is 2.24. The highest BCUT2D eigenvalue weighted by Gasteiger charge is 2.51. The lowest BCUT2D eigenvalue weighted by molar-refractivity contribution is 0.669. The number of benzene rings is 10. The third kappa shape index (κ3) is 5.32. The Morgan fingerprint density at radius 2 is 0.746 bits per heavy atom. The Morgan fingerprint density at radius 1 is 0.286 bits per heavy atom. The van der Waals surface area contributed by atoms with Gasteiger partial charge in [0.1, 0.15) is 11.2 Å². The van der Waals surface area contributed by atoms with Crippen LogP contribution in [-0.4, -0.2) is 0 Å². The molecule has 0 saturated heterocycles. The SMILES string of the molecule is c1ccc(-c2ccc(-c3ccc(N(c4ccc5c(c4)C4(c6ccccc6-c6ccccc64)c4ccccc4-5)c4ccccc4-c4ccc5oc6ccccc6c5c4)cc3)cc2)cc1. The largest absolute Gasteiger partial charge is 0.456 e. The van der Waals surface area contributed by atoms with Crippen molar-refractivity contribution in [1.29, 1.82) is 0 Å². The minimum Gasteiger partial charge on any atom is -0.456 e. The standard InChI is InChI=1S/C61H39NO/c1-2-14-40(15-3-1)41-26-28-42(29-27-41)43-30-33-45(34-31-43)62(58-24-12-7-16-47(58)44-32-37-60-53(38-44)52-20-8-13-25-59(52)63-60)46-35-36-51-50-19-6-11-23-56(50)61(57(51)39-46)54-21-9-4-17-48(54)49-18-5-10-22-55(49)61/h1-39H. The fraction of sp³-hybridized carbons (Fsp3) is 0.0164. The van der Waals surface area contributed by atoms with Gasteiger partial charge < -0.3 is 9.32 Å². The van der Waals surface area contributed by atoms with E-state index in [2.05, 4.69) is 229 Å². The van der Waals surface area contributed by atoms with Crippen LogP contribution in [0.3, 0.4) is 0 Å². The molecule has 0 radical (unpaired) electrons. The van der Waals surface area contributed by atoms with E-state index >= 15 is 0 Å². The van der Waals surface area contributed by atoms with E-state index < -0.39 is 5.41 Å². The fourth-order valence-corrected chi connectivity index (χ4v) is 10.7. The minimum atomic E-state index is -0.455. The van der Waals surface area contributed by atoms with Crippen molar-refractivity contribution < 1.29 is 4.42 Å². The molecule has 0 fully saturated rings. The second-order valence-corrected chi connectivity index (χ2v) is 16.8. The maximum absolute atomic E-state index is 6.29. The fourth-order valence-electron chi connectivity index (χ4n) is 10.7. The van der Waals surface area contributed by atoms with Gasteiger partial charge in [-0.05, 0) is 121 Å². The van der Waals surface area contributed by atoms with Crippen molar-refractivity contribution in [3.8, 4) is 55.6 Å². The zero-order valence-corrected chi connectivity index (χ0v) is 34.4. The lowest BCUT2D eigenvalue weighted by Crippen LogP contribution is -2.26. The number of rotatable bonds is 6. The van der Waals surface area contributed by atoms with E-state index in [9.17, 15) is 0 Å². The second kappa shape index (κ2) is 13.9. The van der Waals surface area contributed by atoms with E-state index in [4.69, 9.17) is 4.42 Å². The van der Waals surface area contributed by atoms with E-state index in [1.165, 1.54) is 66.8 Å². The van der Waals surface area contributed by atoms with E-state index in [0.29, 0.717) is 0 Å². The summed E-state index contributed by atoms with van der Waals surface area (Å²) in [6.07, 6.45) is 0. The van der Waals surface area contributed by atoms with Gasteiger partial charge in [0.15, 0.2) is 0 Å². The second-order valence-electron chi connectivity index (χ2n) is 16.8. The van der Waals surface area contributed by atoms with Gasteiger partial charge >= 0.3 is 0 Å². The highest BCUT2D eigenvalue weighted by molar-refractivity contribution is 6.07. The molecule has 2 nitrogen and oxygen atoms in total. The molecule has 0 N–H and O–H groups in total. The maximum Gasteiger partial charge on any atom is 0.135 e. The van der Waals surface area contributed by atoms with Gasteiger partial charge in [-0.2, -0.15) is 0 Å². The van der Waals surface area contributed by atoms with Crippen LogP contribution in [-0.2, 0) is 5.41 Å². The average Bonchev–Trinajstić information content (AvgIpc) is 3.99. The number of anilines is 3. The van der Waals surface area contributed by atoms with Gasteiger partial charge in [-0.15, -0.1) is 0 Å². The van der Waals surface area contributed by atoms with Gasteiger partial charge in [-0.1, -0.05) is 188 Å². The Hall–Kier alpha value is -8.20. The third-order valence-electron chi connectivity index (χ3n) is 13.5. The molecule has 0 unspecified atom stereocenters. The monoisotopic (exact) mass is 801 g/mol. The maximum atomic E-state index is 6.29. The number of hydrogen-bond donors (Lipinski definition) is 0. The van der Waals surface area contributed by atoms with Crippen LogP contribution in [0, 0.1) is 0 Å². The highest BCUT2D eigenvalue weighted by atomic mass is 16.3. The molecule has 1 spiro atoms. The summed E-state index contributed by atoms with van der Waals surface area (Å²) in [4.78, 5) is 2.46. The van der Waals surface area contributed by atoms with Crippen molar-refractivity contribution >= 4 is 39.0 Å². The Bertz CT molecular complexity index is 3500. The number of fused-ring (bicyclic) bond motifs is 13. The molecule has 1 heterocycles. The quantitative estimate of drug-likeness (QED) is 0.167. The number of para-hydroxylation sites is 2. The first-order chi connectivity index (χ1) is 31.2. The summed E-state index contributed by atoms with van der Waals surface area (Å²) >= 11 is 0. The summed E-state index contributed by atoms with van der Waals surface area (Å²) in [7, 11) is 0. The molecule has 0 aliphatic heterocycles. The zero-order valence-electron chi connectivity index (χ0n) is 34.4. The van der Waals surface area contributed by atoms with Gasteiger partial charge in [-0.25, -0.2) is 0 Å². The van der Waals surface area contributed by atoms with Crippen LogP contribution in [0.15, 0.2) is 241 Å². The van der Waals surface area contributed by atoms with Gasteiger partial charge in [0, 0.05) is 27.7 Å². The van der Waals surface area contributed by atoms with Crippen molar-refractivity contribution in [3.05, 3.63) is 259 Å². The van der Waals surface area contributed by atoms with Gasteiger partial charge in [0.2, 0.25) is 0 Å². The van der Waals surface area contributed by atoms with Crippen LogP contribution in [0.25, 0.3) is 77.6 Å². The van der Waals surface area contributed by atoms with Crippen LogP contribution in [0.2, 0.25) is 0 Å². The Morgan fingerprint density at radius 3 is 1.40 bits per heavy atom. The van der Waals surface area contributed by atoms with Gasteiger partial charge in [0.05, 0.1) is 11.1 Å². The van der Waals surface area contributed by atoms with E-state index in [-0.39, 0.29) is 0 Å². The predicted octanol–water partition coefficient (Wildman–Crippen LogP) is 16.4. The van der Waals surface area contributed by atoms with E-state index in [1.54, 1.807) is 0 Å². The van der Waals surface area contributed by atoms with Gasteiger partial charge in [0.25, 0.3) is 0 Å². The summed E-state index contributed by atoms with van der Waals surface area (Å²) in [6.45, 7) is 0. The highest BCUT2D eigenvalue weighted by Crippen LogP contribution is 2.63. The summed E-state index contributed by atoms with van der Waals surface area (Å²) in [6, 6.07) is 86.6. The molecule has 11 aromatic rings. The van der Waals surface area contributed by atoms with Crippen molar-refractivity contribution in [3.63, 3.8) is 0 Å². The molecule has 2 aliphatic carbocycles. The first-order valence-corrected chi connectivity index (χ1v) is 21.7. The summed E-state index contributed by atoms with van der Waals surface area (Å²) in [5.41, 5.74) is 22.2. The number of nitrogens with zero attached hydrogens (tertiary/aromatic N) is 1. The average molecular weight is 802 g/mol. The van der Waals surface area contributed by atoms with Crippen molar-refractivity contribution in [2.24, 2.45) is 0 Å². The molecule has 1 aromatic heterocycles. The topological polar surface area (TPSA) is 16.4 Å². The molecule has 63 heavy (non-hydrogen) atoms. The van der Waals surface area contributed by atoms with Crippen LogP contribution < -0.4 is 4.90 Å². The normalized spacial score (nSPS) is 12.9. The Balaban J connectivity index is 1.01. The molecule has 13 rings (SSSR count). The number of furan rings is 1. The van der Waals surface area contributed by atoms with Crippen molar-refractivity contribution in [2.75, 3.05) is 4.90 Å². The van der Waals surface area contributed by atoms with Crippen molar-refractivity contribution in [2.45, 2.75) is 5.41 Å². The molecule has 0 bridgehead atoms. The molecule has 2 heteroatoms. The molecular weight excluding hydrogens is 763 g/mol. The lowest BCUT2D eigenvalue weighted by atomic mass is 9.70. The summed E-state index contributed by atoms with van der Waals surface area (Å²) < 4.78 is 6.29. The molecule has 0 saturated carbocycles. The zero-order chi connectivity index (χ0) is 41.5. The van der Waals surface area contributed by atoms with Crippen LogP contribution >= 0.6 is 0 Å². The van der Waals surface area contributed by atoms with Crippen molar-refractivity contribution in [1.82, 2.24) is 0 Å².